The van der Waals surface area contributed by atoms with Gasteiger partial charge >= 0.3 is 6.03 Å². The molecule has 10 heteroatoms. The van der Waals surface area contributed by atoms with Gasteiger partial charge in [-0.2, -0.15) is 0 Å². The zero-order valence-corrected chi connectivity index (χ0v) is 22.9. The van der Waals surface area contributed by atoms with Crippen LogP contribution in [0.4, 0.5) is 10.5 Å². The third kappa shape index (κ3) is 5.47. The summed E-state index contributed by atoms with van der Waals surface area (Å²) in [5.41, 5.74) is 3.47. The summed E-state index contributed by atoms with van der Waals surface area (Å²) in [7, 11) is 0. The highest BCUT2D eigenvalue weighted by atomic mass is 16.5. The van der Waals surface area contributed by atoms with Gasteiger partial charge in [0, 0.05) is 53.1 Å². The van der Waals surface area contributed by atoms with Gasteiger partial charge in [-0.1, -0.05) is 26.8 Å². The second-order valence-corrected chi connectivity index (χ2v) is 10.6. The molecule has 2 amide bonds. The van der Waals surface area contributed by atoms with Gasteiger partial charge in [-0.05, 0) is 43.7 Å². The number of nitrogens with one attached hydrogen (secondary N) is 3. The van der Waals surface area contributed by atoms with E-state index in [9.17, 15) is 9.59 Å². The van der Waals surface area contributed by atoms with Gasteiger partial charge in [-0.3, -0.25) is 14.8 Å². The van der Waals surface area contributed by atoms with Crippen molar-refractivity contribution in [3.05, 3.63) is 83.2 Å². The first-order valence-corrected chi connectivity index (χ1v) is 13.0. The van der Waals surface area contributed by atoms with Crippen molar-refractivity contribution < 1.29 is 9.53 Å². The molecule has 1 aliphatic rings. The minimum Gasteiger partial charge on any atom is -0.454 e. The lowest BCUT2D eigenvalue weighted by Gasteiger charge is -2.28. The van der Waals surface area contributed by atoms with Crippen LogP contribution in [0.5, 0.6) is 11.5 Å². The van der Waals surface area contributed by atoms with Gasteiger partial charge in [0.2, 0.25) is 0 Å². The van der Waals surface area contributed by atoms with Crippen LogP contribution < -0.4 is 20.9 Å². The molecule has 0 saturated heterocycles. The van der Waals surface area contributed by atoms with Gasteiger partial charge in [0.05, 0.1) is 11.2 Å². The van der Waals surface area contributed by atoms with E-state index in [1.165, 1.54) is 0 Å². The Morgan fingerprint density at radius 3 is 2.73 bits per heavy atom. The minimum atomic E-state index is -0.375. The molecule has 4 heterocycles. The van der Waals surface area contributed by atoms with Crippen molar-refractivity contribution in [1.82, 2.24) is 25.3 Å². The van der Waals surface area contributed by atoms with Crippen molar-refractivity contribution in [2.45, 2.75) is 34.1 Å². The number of amides is 2. The number of urea groups is 1. The quantitative estimate of drug-likeness (QED) is 0.272. The zero-order chi connectivity index (χ0) is 28.4. The van der Waals surface area contributed by atoms with Crippen molar-refractivity contribution >= 4 is 39.5 Å². The van der Waals surface area contributed by atoms with E-state index in [4.69, 9.17) is 9.73 Å². The largest absolute Gasteiger partial charge is 0.454 e. The molecule has 3 aromatic heterocycles. The van der Waals surface area contributed by atoms with Gasteiger partial charge in [-0.25, -0.2) is 14.8 Å². The number of aryl methyl sites for hydroxylation is 1. The standard InChI is InChI=1S/C30H31N7O3/c1-6-8-18-16-33-24(30(3,4)5)15-21(18)36-29(39)35-20-10-11-22(19-9-7-13-31-25(19)20)40-23-12-14-32-27-26(23)34-17(2)28(38)37-27/h6-7,9-15,18H,1,8,16H2,2-5H3,(H,32,37,38)(H2,35,36,39). The number of H-pyrrole nitrogens is 1. The third-order valence-electron chi connectivity index (χ3n) is 6.62. The molecule has 204 valence electrons. The molecule has 5 rings (SSSR count). The minimum absolute atomic E-state index is 0.0439. The Morgan fingerprint density at radius 2 is 1.95 bits per heavy atom. The molecule has 1 aliphatic heterocycles. The topological polar surface area (TPSA) is 134 Å². The third-order valence-corrected chi connectivity index (χ3v) is 6.62. The van der Waals surface area contributed by atoms with Crippen LogP contribution in [0.3, 0.4) is 0 Å². The number of rotatable bonds is 6. The Bertz CT molecular complexity index is 1750. The summed E-state index contributed by atoms with van der Waals surface area (Å²) in [6, 6.07) is 8.47. The zero-order valence-electron chi connectivity index (χ0n) is 22.9. The van der Waals surface area contributed by atoms with E-state index >= 15 is 0 Å². The van der Waals surface area contributed by atoms with Crippen LogP contribution >= 0.6 is 0 Å². The number of fused-ring (bicyclic) bond motifs is 2. The molecule has 10 nitrogen and oxygen atoms in total. The van der Waals surface area contributed by atoms with Crippen LogP contribution in [-0.4, -0.2) is 38.2 Å². The number of nitrogens with zero attached hydrogens (tertiary/aromatic N) is 4. The molecule has 1 unspecified atom stereocenters. The lowest BCUT2D eigenvalue weighted by molar-refractivity contribution is 0.253. The van der Waals surface area contributed by atoms with Crippen LogP contribution in [0.15, 0.2) is 76.9 Å². The number of pyridine rings is 2. The fraction of sp³-hybridized carbons (Fsp3) is 0.267. The average Bonchev–Trinajstić information content (AvgIpc) is 2.91. The Morgan fingerprint density at radius 1 is 1.12 bits per heavy atom. The number of ether oxygens (including phenoxy) is 1. The number of hydrogen-bond acceptors (Lipinski definition) is 7. The second-order valence-electron chi connectivity index (χ2n) is 10.6. The Hall–Kier alpha value is -4.86. The highest BCUT2D eigenvalue weighted by Crippen LogP contribution is 2.35. The summed E-state index contributed by atoms with van der Waals surface area (Å²) in [6.45, 7) is 12.4. The van der Waals surface area contributed by atoms with E-state index in [1.54, 1.807) is 43.6 Å². The molecule has 0 aliphatic carbocycles. The molecule has 1 atom stereocenters. The van der Waals surface area contributed by atoms with E-state index < -0.39 is 0 Å². The molecule has 40 heavy (non-hydrogen) atoms. The fourth-order valence-electron chi connectivity index (χ4n) is 4.49. The van der Waals surface area contributed by atoms with Crippen molar-refractivity contribution in [3.8, 4) is 11.5 Å². The molecular weight excluding hydrogens is 506 g/mol. The van der Waals surface area contributed by atoms with Crippen LogP contribution in [0.1, 0.15) is 32.9 Å². The molecule has 1 aromatic carbocycles. The molecule has 0 saturated carbocycles. The SMILES string of the molecule is C=CCC1CN=C(C(C)(C)C)C=C1NC(=O)Nc1ccc(Oc2ccnc3[nH]c(=O)c(C)nc23)c2cccnc12. The molecule has 4 aromatic rings. The molecule has 0 spiro atoms. The summed E-state index contributed by atoms with van der Waals surface area (Å²) in [5, 5.41) is 6.67. The highest BCUT2D eigenvalue weighted by Gasteiger charge is 2.26. The van der Waals surface area contributed by atoms with Crippen LogP contribution in [0.2, 0.25) is 0 Å². The van der Waals surface area contributed by atoms with Crippen molar-refractivity contribution in [2.24, 2.45) is 16.3 Å². The Labute approximate surface area is 231 Å². The van der Waals surface area contributed by atoms with E-state index in [0.717, 1.165) is 11.4 Å². The molecular formula is C30H31N7O3. The summed E-state index contributed by atoms with van der Waals surface area (Å²) >= 11 is 0. The number of benzene rings is 1. The van der Waals surface area contributed by atoms with E-state index in [1.807, 2.05) is 18.2 Å². The molecule has 0 bridgehead atoms. The van der Waals surface area contributed by atoms with Gasteiger partial charge < -0.3 is 20.4 Å². The number of aliphatic imine (C=N–C) groups is 1. The normalized spacial score (nSPS) is 15.3. The maximum absolute atomic E-state index is 13.2. The van der Waals surface area contributed by atoms with Crippen LogP contribution in [-0.2, 0) is 0 Å². The van der Waals surface area contributed by atoms with Gasteiger partial charge in [0.15, 0.2) is 11.4 Å². The number of allylic oxidation sites excluding steroid dienone is 2. The first-order chi connectivity index (χ1) is 19.1. The Kier molecular flexibility index (Phi) is 7.17. The lowest BCUT2D eigenvalue weighted by atomic mass is 9.85. The number of dihydropyridines is 1. The summed E-state index contributed by atoms with van der Waals surface area (Å²) in [4.78, 5) is 45.7. The Balaban J connectivity index is 1.43. The lowest BCUT2D eigenvalue weighted by Crippen LogP contribution is -2.36. The van der Waals surface area contributed by atoms with E-state index in [-0.39, 0.29) is 22.9 Å². The van der Waals surface area contributed by atoms with Gasteiger partial charge in [-0.15, -0.1) is 6.58 Å². The summed E-state index contributed by atoms with van der Waals surface area (Å²) in [5.74, 6) is 0.989. The smallest absolute Gasteiger partial charge is 0.323 e. The predicted octanol–water partition coefficient (Wildman–Crippen LogP) is 5.67. The fourth-order valence-corrected chi connectivity index (χ4v) is 4.49. The van der Waals surface area contributed by atoms with Crippen LogP contribution in [0, 0.1) is 18.3 Å². The molecule has 0 fully saturated rings. The maximum Gasteiger partial charge on any atom is 0.323 e. The second kappa shape index (κ2) is 10.7. The number of carbonyl (C=O) groups is 1. The van der Waals surface area contributed by atoms with Crippen LogP contribution in [0.25, 0.3) is 22.1 Å². The highest BCUT2D eigenvalue weighted by molar-refractivity contribution is 6.04. The number of hydrogen-bond donors (Lipinski definition) is 3. The average molecular weight is 538 g/mol. The number of carbonyl (C=O) groups excluding carboxylic acids is 1. The molecule has 0 radical (unpaired) electrons. The number of aromatic nitrogens is 4. The maximum atomic E-state index is 13.2. The molecule has 3 N–H and O–H groups in total. The first-order valence-electron chi connectivity index (χ1n) is 13.0. The predicted molar refractivity (Wildman–Crippen MR) is 157 cm³/mol. The number of aromatic amines is 1. The van der Waals surface area contributed by atoms with Crippen molar-refractivity contribution in [1.29, 1.82) is 0 Å². The van der Waals surface area contributed by atoms with Crippen molar-refractivity contribution in [2.75, 3.05) is 11.9 Å². The summed E-state index contributed by atoms with van der Waals surface area (Å²) in [6.07, 6.45) is 7.71. The van der Waals surface area contributed by atoms with E-state index in [0.29, 0.717) is 57.9 Å². The summed E-state index contributed by atoms with van der Waals surface area (Å²) < 4.78 is 6.24. The monoisotopic (exact) mass is 537 g/mol. The number of anilines is 1. The van der Waals surface area contributed by atoms with Gasteiger partial charge in [0.1, 0.15) is 17.0 Å². The first kappa shape index (κ1) is 26.7. The van der Waals surface area contributed by atoms with Gasteiger partial charge in [0.25, 0.3) is 5.56 Å². The van der Waals surface area contributed by atoms with E-state index in [2.05, 4.69) is 57.9 Å². The van der Waals surface area contributed by atoms with Crippen molar-refractivity contribution in [3.63, 3.8) is 0 Å².